The van der Waals surface area contributed by atoms with E-state index in [0.29, 0.717) is 0 Å². The molecule has 0 N–H and O–H groups in total. The molecule has 0 fully saturated rings. The third-order valence-electron chi connectivity index (χ3n) is 1.94. The van der Waals surface area contributed by atoms with E-state index in [1.807, 2.05) is 0 Å². The summed E-state index contributed by atoms with van der Waals surface area (Å²) in [6.45, 7) is 1.16. The molecular weight excluding hydrogens is 221 g/mol. The van der Waals surface area contributed by atoms with Crippen molar-refractivity contribution < 1.29 is 22.8 Å². The third-order valence-corrected chi connectivity index (χ3v) is 1.94. The smallest absolute Gasteiger partial charge is 0.300 e. The minimum Gasteiger partial charge on any atom is -0.300 e. The second kappa shape index (κ2) is 4.47. The number of hydrogen-bond acceptors (Lipinski definition) is 2. The number of ketones is 2. The van der Waals surface area contributed by atoms with E-state index in [1.165, 1.54) is 12.1 Å². The van der Waals surface area contributed by atoms with E-state index >= 15 is 0 Å². The zero-order valence-electron chi connectivity index (χ0n) is 8.47. The molecule has 1 rings (SSSR count). The lowest BCUT2D eigenvalue weighted by molar-refractivity contribution is -0.138. The number of Topliss-reactive ketones (excluding diaryl/α,β-unsaturated/α-hetero) is 2. The summed E-state index contributed by atoms with van der Waals surface area (Å²) < 4.78 is 37.5. The average Bonchev–Trinajstić information content (AvgIpc) is 2.15. The Labute approximate surface area is 90.1 Å². The molecule has 86 valence electrons. The molecule has 1 aromatic rings. The molecule has 0 heterocycles. The summed E-state index contributed by atoms with van der Waals surface area (Å²) in [6, 6.07) is 4.44. The zero-order valence-corrected chi connectivity index (χ0v) is 8.47. The summed E-state index contributed by atoms with van der Waals surface area (Å²) >= 11 is 0. The van der Waals surface area contributed by atoms with Crippen LogP contribution < -0.4 is 0 Å². The lowest BCUT2D eigenvalue weighted by Crippen LogP contribution is -2.14. The molecule has 0 atom stereocenters. The molecule has 0 bridgehead atoms. The number of carbonyl (C=O) groups excluding carboxylic acids is 2. The van der Waals surface area contributed by atoms with Crippen LogP contribution in [0.1, 0.15) is 29.3 Å². The highest BCUT2D eigenvalue weighted by Crippen LogP contribution is 2.32. The van der Waals surface area contributed by atoms with Crippen LogP contribution >= 0.6 is 0 Å². The van der Waals surface area contributed by atoms with Crippen molar-refractivity contribution in [3.63, 3.8) is 0 Å². The Bertz CT molecular complexity index is 421. The van der Waals surface area contributed by atoms with Gasteiger partial charge in [0.2, 0.25) is 0 Å². The number of hydrogen-bond donors (Lipinski definition) is 0. The van der Waals surface area contributed by atoms with Gasteiger partial charge in [-0.05, 0) is 13.0 Å². The monoisotopic (exact) mass is 230 g/mol. The van der Waals surface area contributed by atoms with Crippen molar-refractivity contribution in [1.29, 1.82) is 0 Å². The lowest BCUT2D eigenvalue weighted by Gasteiger charge is -2.10. The Morgan fingerprint density at radius 2 is 1.75 bits per heavy atom. The predicted molar refractivity (Wildman–Crippen MR) is 51.1 cm³/mol. The molecule has 1 aromatic carbocycles. The standard InChI is InChI=1S/C11H9F3O2/c1-7(15)6-10(16)8-4-2-3-5-9(8)11(12,13)14/h2-5H,6H2,1H3. The van der Waals surface area contributed by atoms with Gasteiger partial charge in [-0.15, -0.1) is 0 Å². The highest BCUT2D eigenvalue weighted by Gasteiger charge is 2.34. The maximum Gasteiger partial charge on any atom is 0.417 e. The van der Waals surface area contributed by atoms with Crippen LogP contribution in [0.5, 0.6) is 0 Å². The Hall–Kier alpha value is -1.65. The van der Waals surface area contributed by atoms with Crippen molar-refractivity contribution in [2.24, 2.45) is 0 Å². The van der Waals surface area contributed by atoms with Gasteiger partial charge in [-0.3, -0.25) is 9.59 Å². The molecule has 16 heavy (non-hydrogen) atoms. The van der Waals surface area contributed by atoms with E-state index in [2.05, 4.69) is 0 Å². The summed E-state index contributed by atoms with van der Waals surface area (Å²) in [5.41, 5.74) is -1.45. The molecule has 0 radical (unpaired) electrons. The Morgan fingerprint density at radius 1 is 1.19 bits per heavy atom. The molecule has 0 aromatic heterocycles. The quantitative estimate of drug-likeness (QED) is 0.591. The molecule has 0 aliphatic carbocycles. The third kappa shape index (κ3) is 2.92. The minimum atomic E-state index is -4.58. The second-order valence-corrected chi connectivity index (χ2v) is 3.35. The van der Waals surface area contributed by atoms with Gasteiger partial charge in [-0.2, -0.15) is 13.2 Å². The molecule has 0 spiro atoms. The van der Waals surface area contributed by atoms with Crippen LogP contribution in [0.15, 0.2) is 24.3 Å². The summed E-state index contributed by atoms with van der Waals surface area (Å²) in [7, 11) is 0. The van der Waals surface area contributed by atoms with E-state index in [0.717, 1.165) is 19.1 Å². The number of halogens is 3. The van der Waals surface area contributed by atoms with Gasteiger partial charge in [0.15, 0.2) is 5.78 Å². The summed E-state index contributed by atoms with van der Waals surface area (Å²) in [5.74, 6) is -1.26. The van der Waals surface area contributed by atoms with Crippen molar-refractivity contribution in [2.75, 3.05) is 0 Å². The molecule has 0 unspecified atom stereocenters. The SMILES string of the molecule is CC(=O)CC(=O)c1ccccc1C(F)(F)F. The second-order valence-electron chi connectivity index (χ2n) is 3.35. The van der Waals surface area contributed by atoms with Crippen LogP contribution in [0.2, 0.25) is 0 Å². The van der Waals surface area contributed by atoms with Gasteiger partial charge in [-0.1, -0.05) is 18.2 Å². The first kappa shape index (κ1) is 12.4. The normalized spacial score (nSPS) is 11.2. The van der Waals surface area contributed by atoms with Crippen molar-refractivity contribution in [1.82, 2.24) is 0 Å². The predicted octanol–water partition coefficient (Wildman–Crippen LogP) is 2.87. The Morgan fingerprint density at radius 3 is 2.25 bits per heavy atom. The van der Waals surface area contributed by atoms with Crippen LogP contribution in [-0.2, 0) is 11.0 Å². The van der Waals surface area contributed by atoms with Crippen molar-refractivity contribution in [3.8, 4) is 0 Å². The number of benzene rings is 1. The van der Waals surface area contributed by atoms with Crippen LogP contribution in [0.4, 0.5) is 13.2 Å². The Balaban J connectivity index is 3.14. The average molecular weight is 230 g/mol. The summed E-state index contributed by atoms with van der Waals surface area (Å²) in [5, 5.41) is 0. The molecular formula is C11H9F3O2. The molecule has 2 nitrogen and oxygen atoms in total. The molecule has 0 saturated carbocycles. The first-order chi connectivity index (χ1) is 7.32. The van der Waals surface area contributed by atoms with Crippen molar-refractivity contribution in [2.45, 2.75) is 19.5 Å². The molecule has 0 saturated heterocycles. The van der Waals surface area contributed by atoms with Gasteiger partial charge < -0.3 is 0 Å². The fourth-order valence-corrected chi connectivity index (χ4v) is 1.29. The fourth-order valence-electron chi connectivity index (χ4n) is 1.29. The molecule has 0 amide bonds. The summed E-state index contributed by atoms with van der Waals surface area (Å²) in [4.78, 5) is 22.1. The van der Waals surface area contributed by atoms with Gasteiger partial charge in [0.25, 0.3) is 0 Å². The first-order valence-electron chi connectivity index (χ1n) is 4.51. The number of rotatable bonds is 3. The van der Waals surface area contributed by atoms with Crippen LogP contribution in [-0.4, -0.2) is 11.6 Å². The maximum absolute atomic E-state index is 12.5. The fraction of sp³-hybridized carbons (Fsp3) is 0.273. The van der Waals surface area contributed by atoms with Crippen LogP contribution in [0.25, 0.3) is 0 Å². The van der Waals surface area contributed by atoms with Gasteiger partial charge in [0, 0.05) is 5.56 Å². The van der Waals surface area contributed by atoms with E-state index < -0.39 is 35.3 Å². The molecule has 5 heteroatoms. The maximum atomic E-state index is 12.5. The largest absolute Gasteiger partial charge is 0.417 e. The molecule has 0 aliphatic rings. The Kier molecular flexibility index (Phi) is 3.47. The zero-order chi connectivity index (χ0) is 12.3. The lowest BCUT2D eigenvalue weighted by atomic mass is 10.0. The van der Waals surface area contributed by atoms with E-state index in [9.17, 15) is 22.8 Å². The van der Waals surface area contributed by atoms with Gasteiger partial charge in [0.05, 0.1) is 12.0 Å². The van der Waals surface area contributed by atoms with Crippen molar-refractivity contribution >= 4 is 11.6 Å². The highest BCUT2D eigenvalue weighted by molar-refractivity contribution is 6.08. The van der Waals surface area contributed by atoms with Gasteiger partial charge >= 0.3 is 6.18 Å². The first-order valence-corrected chi connectivity index (χ1v) is 4.51. The van der Waals surface area contributed by atoms with E-state index in [4.69, 9.17) is 0 Å². The topological polar surface area (TPSA) is 34.1 Å². The molecule has 0 aliphatic heterocycles. The van der Waals surface area contributed by atoms with Gasteiger partial charge in [-0.25, -0.2) is 0 Å². The van der Waals surface area contributed by atoms with Crippen LogP contribution in [0, 0.1) is 0 Å². The van der Waals surface area contributed by atoms with Crippen molar-refractivity contribution in [3.05, 3.63) is 35.4 Å². The highest BCUT2D eigenvalue weighted by atomic mass is 19.4. The van der Waals surface area contributed by atoms with E-state index in [1.54, 1.807) is 0 Å². The number of alkyl halides is 3. The minimum absolute atomic E-state index is 0.454. The van der Waals surface area contributed by atoms with Crippen LogP contribution in [0.3, 0.4) is 0 Å². The summed E-state index contributed by atoms with van der Waals surface area (Å²) in [6.07, 6.45) is -5.09. The van der Waals surface area contributed by atoms with E-state index in [-0.39, 0.29) is 0 Å². The number of carbonyl (C=O) groups is 2. The van der Waals surface area contributed by atoms with Gasteiger partial charge in [0.1, 0.15) is 5.78 Å².